The van der Waals surface area contributed by atoms with Crippen LogP contribution in [0.4, 0.5) is 0 Å². The van der Waals surface area contributed by atoms with E-state index in [1.165, 1.54) is 51.4 Å². The second-order valence-corrected chi connectivity index (χ2v) is 5.73. The highest BCUT2D eigenvalue weighted by Crippen LogP contribution is 2.32. The van der Waals surface area contributed by atoms with Gasteiger partial charge in [-0.25, -0.2) is 0 Å². The zero-order valence-electron chi connectivity index (χ0n) is 10.5. The summed E-state index contributed by atoms with van der Waals surface area (Å²) >= 11 is 0. The molecule has 0 amide bonds. The Balaban J connectivity index is 1.77. The highest BCUT2D eigenvalue weighted by atomic mass is 16.5. The number of aliphatic hydroxyl groups is 1. The van der Waals surface area contributed by atoms with Crippen LogP contribution in [-0.2, 0) is 4.74 Å². The standard InChI is InChI=1S/C14H26O2/c1-11(15)14(13-8-4-5-9-13)16-10-12-6-2-3-7-12/h11-15H,2-10H2,1H3. The molecule has 2 heteroatoms. The molecular weight excluding hydrogens is 200 g/mol. The lowest BCUT2D eigenvalue weighted by Gasteiger charge is -2.27. The fourth-order valence-corrected chi connectivity index (χ4v) is 3.38. The minimum absolute atomic E-state index is 0.100. The van der Waals surface area contributed by atoms with Gasteiger partial charge in [-0.05, 0) is 44.4 Å². The third-order valence-corrected chi connectivity index (χ3v) is 4.34. The molecule has 0 spiro atoms. The topological polar surface area (TPSA) is 29.5 Å². The Labute approximate surface area is 99.4 Å². The summed E-state index contributed by atoms with van der Waals surface area (Å²) in [5, 5.41) is 9.82. The van der Waals surface area contributed by atoms with Crippen molar-refractivity contribution in [1.29, 1.82) is 0 Å². The molecule has 2 fully saturated rings. The van der Waals surface area contributed by atoms with E-state index in [-0.39, 0.29) is 12.2 Å². The first-order valence-corrected chi connectivity index (χ1v) is 7.07. The molecule has 2 aliphatic rings. The van der Waals surface area contributed by atoms with Gasteiger partial charge < -0.3 is 9.84 Å². The van der Waals surface area contributed by atoms with Gasteiger partial charge in [0.25, 0.3) is 0 Å². The number of hydrogen-bond donors (Lipinski definition) is 1. The SMILES string of the molecule is CC(O)C(OCC1CCCC1)C1CCCC1. The Morgan fingerprint density at radius 2 is 1.62 bits per heavy atom. The molecule has 0 bridgehead atoms. The van der Waals surface area contributed by atoms with Gasteiger partial charge in [0.15, 0.2) is 0 Å². The van der Waals surface area contributed by atoms with Crippen LogP contribution < -0.4 is 0 Å². The van der Waals surface area contributed by atoms with Gasteiger partial charge >= 0.3 is 0 Å². The Bertz CT molecular complexity index is 191. The van der Waals surface area contributed by atoms with Gasteiger partial charge in [-0.15, -0.1) is 0 Å². The maximum Gasteiger partial charge on any atom is 0.0859 e. The Kier molecular flexibility index (Phi) is 4.66. The summed E-state index contributed by atoms with van der Waals surface area (Å²) in [5.41, 5.74) is 0. The molecule has 1 N–H and O–H groups in total. The lowest BCUT2D eigenvalue weighted by molar-refractivity contribution is -0.0706. The molecule has 2 saturated carbocycles. The zero-order valence-corrected chi connectivity index (χ0v) is 10.5. The molecule has 2 atom stereocenters. The van der Waals surface area contributed by atoms with Crippen LogP contribution in [0.2, 0.25) is 0 Å². The molecule has 2 aliphatic carbocycles. The molecule has 16 heavy (non-hydrogen) atoms. The first-order valence-electron chi connectivity index (χ1n) is 7.07. The summed E-state index contributed by atoms with van der Waals surface area (Å²) in [7, 11) is 0. The summed E-state index contributed by atoms with van der Waals surface area (Å²) in [4.78, 5) is 0. The second kappa shape index (κ2) is 6.02. The lowest BCUT2D eigenvalue weighted by Crippen LogP contribution is -2.34. The van der Waals surface area contributed by atoms with Crippen LogP contribution in [0.15, 0.2) is 0 Å². The van der Waals surface area contributed by atoms with Gasteiger partial charge in [-0.3, -0.25) is 0 Å². The molecule has 94 valence electrons. The van der Waals surface area contributed by atoms with Gasteiger partial charge in [-0.1, -0.05) is 25.7 Å². The van der Waals surface area contributed by atoms with E-state index in [0.717, 1.165) is 12.5 Å². The predicted octanol–water partition coefficient (Wildman–Crippen LogP) is 3.13. The van der Waals surface area contributed by atoms with Crippen LogP contribution in [0.3, 0.4) is 0 Å². The molecule has 0 saturated heterocycles. The molecule has 0 aromatic rings. The van der Waals surface area contributed by atoms with Crippen molar-refractivity contribution in [3.8, 4) is 0 Å². The number of rotatable bonds is 5. The molecule has 0 heterocycles. The summed E-state index contributed by atoms with van der Waals surface area (Å²) in [6.45, 7) is 2.77. The van der Waals surface area contributed by atoms with Crippen LogP contribution in [0.1, 0.15) is 58.3 Å². The van der Waals surface area contributed by atoms with Crippen molar-refractivity contribution in [1.82, 2.24) is 0 Å². The predicted molar refractivity (Wildman–Crippen MR) is 65.3 cm³/mol. The molecule has 2 unspecified atom stereocenters. The van der Waals surface area contributed by atoms with E-state index in [1.54, 1.807) is 0 Å². The number of hydrogen-bond acceptors (Lipinski definition) is 2. The van der Waals surface area contributed by atoms with Crippen molar-refractivity contribution in [3.05, 3.63) is 0 Å². The monoisotopic (exact) mass is 226 g/mol. The second-order valence-electron chi connectivity index (χ2n) is 5.73. The quantitative estimate of drug-likeness (QED) is 0.780. The summed E-state index contributed by atoms with van der Waals surface area (Å²) < 4.78 is 6.02. The average molecular weight is 226 g/mol. The third kappa shape index (κ3) is 3.21. The summed E-state index contributed by atoms with van der Waals surface area (Å²) in [6, 6.07) is 0. The van der Waals surface area contributed by atoms with Crippen molar-refractivity contribution in [2.24, 2.45) is 11.8 Å². The minimum Gasteiger partial charge on any atom is -0.391 e. The van der Waals surface area contributed by atoms with E-state index < -0.39 is 0 Å². The molecule has 0 aromatic carbocycles. The summed E-state index contributed by atoms with van der Waals surface area (Å²) in [5.74, 6) is 1.38. The van der Waals surface area contributed by atoms with Crippen LogP contribution in [0.25, 0.3) is 0 Å². The normalized spacial score (nSPS) is 27.4. The fourth-order valence-electron chi connectivity index (χ4n) is 3.38. The van der Waals surface area contributed by atoms with Crippen LogP contribution in [0, 0.1) is 11.8 Å². The zero-order chi connectivity index (χ0) is 11.4. The minimum atomic E-state index is -0.301. The van der Waals surface area contributed by atoms with E-state index in [9.17, 15) is 5.11 Å². The summed E-state index contributed by atoms with van der Waals surface area (Å²) in [6.07, 6.45) is 10.3. The first kappa shape index (κ1) is 12.4. The molecule has 0 radical (unpaired) electrons. The van der Waals surface area contributed by atoms with Gasteiger partial charge in [0.05, 0.1) is 12.2 Å². The fraction of sp³-hybridized carbons (Fsp3) is 1.00. The van der Waals surface area contributed by atoms with E-state index in [2.05, 4.69) is 0 Å². The van der Waals surface area contributed by atoms with Crippen molar-refractivity contribution in [3.63, 3.8) is 0 Å². The molecular formula is C14H26O2. The highest BCUT2D eigenvalue weighted by molar-refractivity contribution is 4.80. The Hall–Kier alpha value is -0.0800. The number of ether oxygens (including phenoxy) is 1. The van der Waals surface area contributed by atoms with Gasteiger partial charge in [0.1, 0.15) is 0 Å². The molecule has 0 aromatic heterocycles. The molecule has 2 nitrogen and oxygen atoms in total. The Morgan fingerprint density at radius 3 is 2.19 bits per heavy atom. The van der Waals surface area contributed by atoms with E-state index in [4.69, 9.17) is 4.74 Å². The number of aliphatic hydroxyl groups excluding tert-OH is 1. The van der Waals surface area contributed by atoms with E-state index in [1.807, 2.05) is 6.92 Å². The van der Waals surface area contributed by atoms with Crippen molar-refractivity contribution in [2.45, 2.75) is 70.5 Å². The van der Waals surface area contributed by atoms with E-state index in [0.29, 0.717) is 5.92 Å². The molecule has 2 rings (SSSR count). The third-order valence-electron chi connectivity index (χ3n) is 4.34. The van der Waals surface area contributed by atoms with Crippen molar-refractivity contribution >= 4 is 0 Å². The first-order chi connectivity index (χ1) is 7.77. The highest BCUT2D eigenvalue weighted by Gasteiger charge is 2.30. The lowest BCUT2D eigenvalue weighted by atomic mass is 9.96. The van der Waals surface area contributed by atoms with Gasteiger partial charge in [0, 0.05) is 6.61 Å². The largest absolute Gasteiger partial charge is 0.391 e. The smallest absolute Gasteiger partial charge is 0.0859 e. The average Bonchev–Trinajstić information content (AvgIpc) is 2.88. The maximum absolute atomic E-state index is 9.82. The van der Waals surface area contributed by atoms with Crippen LogP contribution in [0.5, 0.6) is 0 Å². The maximum atomic E-state index is 9.82. The van der Waals surface area contributed by atoms with Crippen LogP contribution >= 0.6 is 0 Å². The van der Waals surface area contributed by atoms with Crippen molar-refractivity contribution < 1.29 is 9.84 Å². The van der Waals surface area contributed by atoms with E-state index >= 15 is 0 Å². The van der Waals surface area contributed by atoms with Crippen LogP contribution in [-0.4, -0.2) is 23.9 Å². The van der Waals surface area contributed by atoms with Crippen molar-refractivity contribution in [2.75, 3.05) is 6.61 Å². The van der Waals surface area contributed by atoms with Gasteiger partial charge in [-0.2, -0.15) is 0 Å². The molecule has 0 aliphatic heterocycles. The Morgan fingerprint density at radius 1 is 1.06 bits per heavy atom. The van der Waals surface area contributed by atoms with Gasteiger partial charge in [0.2, 0.25) is 0 Å².